The molecular weight excluding hydrogens is 404 g/mol. The fourth-order valence-corrected chi connectivity index (χ4v) is 3.50. The van der Waals surface area contributed by atoms with Gasteiger partial charge in [0.15, 0.2) is 23.1 Å². The van der Waals surface area contributed by atoms with E-state index in [9.17, 15) is 0 Å². The summed E-state index contributed by atoms with van der Waals surface area (Å²) in [6.07, 6.45) is 2.35. The van der Waals surface area contributed by atoms with E-state index in [4.69, 9.17) is 25.8 Å². The Morgan fingerprint density at radius 2 is 1.83 bits per heavy atom. The van der Waals surface area contributed by atoms with Gasteiger partial charge in [0.25, 0.3) is 0 Å². The number of fused-ring (bicyclic) bond motifs is 1. The van der Waals surface area contributed by atoms with Gasteiger partial charge in [0.1, 0.15) is 17.7 Å². The Balaban J connectivity index is 1.99. The zero-order valence-corrected chi connectivity index (χ0v) is 16.6. The van der Waals surface area contributed by atoms with Crippen LogP contribution in [0.1, 0.15) is 6.42 Å². The average Bonchev–Trinajstić information content (AvgIpc) is 2.74. The molecule has 1 aliphatic heterocycles. The summed E-state index contributed by atoms with van der Waals surface area (Å²) < 4.78 is 45.7. The molecule has 1 saturated heterocycles. The van der Waals surface area contributed by atoms with Crippen molar-refractivity contribution in [1.29, 1.82) is 0 Å². The van der Waals surface area contributed by atoms with Crippen LogP contribution in [0.2, 0.25) is 5.15 Å². The fraction of sp³-hybridized carbons (Fsp3) is 0.300. The molecule has 0 saturated carbocycles. The zero-order valence-electron chi connectivity index (χ0n) is 15.8. The second-order valence-electron chi connectivity index (χ2n) is 6.50. The molecule has 3 aromatic rings. The van der Waals surface area contributed by atoms with Crippen molar-refractivity contribution in [3.05, 3.63) is 41.2 Å². The standard InChI is InChI=1S/C20H18ClF2N3O3/c1-27-14-8-15(28-2)19(23)17(18(14)22)13-6-11-9-24-16(21)7-12(11)20(25-13)26-4-3-5-29-10-26/h6-9H,3-5,10H2,1-2H3. The van der Waals surface area contributed by atoms with Gasteiger partial charge in [-0.05, 0) is 18.6 Å². The van der Waals surface area contributed by atoms with Crippen LogP contribution in [0, 0.1) is 11.6 Å². The lowest BCUT2D eigenvalue weighted by molar-refractivity contribution is 0.107. The Morgan fingerprint density at radius 1 is 1.10 bits per heavy atom. The van der Waals surface area contributed by atoms with Gasteiger partial charge >= 0.3 is 0 Å². The summed E-state index contributed by atoms with van der Waals surface area (Å²) in [6, 6.07) is 4.40. The van der Waals surface area contributed by atoms with Crippen molar-refractivity contribution >= 4 is 28.2 Å². The van der Waals surface area contributed by atoms with Crippen LogP contribution in [-0.4, -0.2) is 44.1 Å². The van der Waals surface area contributed by atoms with Crippen LogP contribution >= 0.6 is 11.6 Å². The number of halogens is 3. The summed E-state index contributed by atoms with van der Waals surface area (Å²) in [4.78, 5) is 10.6. The molecule has 0 bridgehead atoms. The third-order valence-electron chi connectivity index (χ3n) is 4.75. The molecule has 0 spiro atoms. The Hall–Kier alpha value is -2.71. The van der Waals surface area contributed by atoms with Crippen LogP contribution in [0.5, 0.6) is 11.5 Å². The number of benzene rings is 1. The van der Waals surface area contributed by atoms with Gasteiger partial charge in [-0.2, -0.15) is 0 Å². The molecule has 2 aromatic heterocycles. The maximum Gasteiger partial charge on any atom is 0.177 e. The molecule has 152 valence electrons. The molecule has 1 aromatic carbocycles. The largest absolute Gasteiger partial charge is 0.494 e. The fourth-order valence-electron chi connectivity index (χ4n) is 3.35. The Bertz CT molecular complexity index is 1050. The summed E-state index contributed by atoms with van der Waals surface area (Å²) in [6.45, 7) is 1.66. The number of anilines is 1. The lowest BCUT2D eigenvalue weighted by Crippen LogP contribution is -2.33. The number of ether oxygens (including phenoxy) is 3. The van der Waals surface area contributed by atoms with Crippen LogP contribution in [0.25, 0.3) is 22.0 Å². The SMILES string of the molecule is COc1cc(OC)c(F)c(-c2cc3cnc(Cl)cc3c(N3CCCOC3)n2)c1F. The van der Waals surface area contributed by atoms with Crippen LogP contribution in [0.3, 0.4) is 0 Å². The maximum absolute atomic E-state index is 15.0. The Morgan fingerprint density at radius 3 is 2.45 bits per heavy atom. The quantitative estimate of drug-likeness (QED) is 0.581. The second-order valence-corrected chi connectivity index (χ2v) is 6.88. The van der Waals surface area contributed by atoms with Crippen molar-refractivity contribution in [2.45, 2.75) is 6.42 Å². The highest BCUT2D eigenvalue weighted by Crippen LogP contribution is 2.39. The molecule has 0 N–H and O–H groups in total. The van der Waals surface area contributed by atoms with Gasteiger partial charge < -0.3 is 19.1 Å². The molecule has 4 rings (SSSR count). The first-order valence-electron chi connectivity index (χ1n) is 8.92. The van der Waals surface area contributed by atoms with E-state index in [0.717, 1.165) is 17.9 Å². The zero-order chi connectivity index (χ0) is 20.5. The summed E-state index contributed by atoms with van der Waals surface area (Å²) in [5.74, 6) is -1.49. The minimum Gasteiger partial charge on any atom is -0.494 e. The molecule has 0 radical (unpaired) electrons. The van der Waals surface area contributed by atoms with Gasteiger partial charge in [-0.25, -0.2) is 18.7 Å². The molecule has 29 heavy (non-hydrogen) atoms. The van der Waals surface area contributed by atoms with E-state index in [1.807, 2.05) is 4.90 Å². The lowest BCUT2D eigenvalue weighted by atomic mass is 10.1. The molecule has 1 aliphatic rings. The van der Waals surface area contributed by atoms with Crippen molar-refractivity contribution in [3.63, 3.8) is 0 Å². The van der Waals surface area contributed by atoms with Crippen molar-refractivity contribution in [2.24, 2.45) is 0 Å². The van der Waals surface area contributed by atoms with Crippen molar-refractivity contribution in [2.75, 3.05) is 39.0 Å². The molecule has 0 aliphatic carbocycles. The van der Waals surface area contributed by atoms with E-state index in [0.29, 0.717) is 36.2 Å². The van der Waals surface area contributed by atoms with Gasteiger partial charge in [-0.15, -0.1) is 0 Å². The van der Waals surface area contributed by atoms with E-state index in [2.05, 4.69) is 9.97 Å². The minimum absolute atomic E-state index is 0.0920. The second kappa shape index (κ2) is 7.96. The molecule has 0 amide bonds. The summed E-state index contributed by atoms with van der Waals surface area (Å²) in [5.41, 5.74) is -0.244. The number of hydrogen-bond acceptors (Lipinski definition) is 6. The molecule has 1 fully saturated rings. The molecule has 6 nitrogen and oxygen atoms in total. The summed E-state index contributed by atoms with van der Waals surface area (Å²) >= 11 is 6.07. The third kappa shape index (κ3) is 3.54. The Labute approximate surface area is 171 Å². The van der Waals surface area contributed by atoms with E-state index >= 15 is 8.78 Å². The highest BCUT2D eigenvalue weighted by molar-refractivity contribution is 6.30. The first-order chi connectivity index (χ1) is 14.0. The third-order valence-corrected chi connectivity index (χ3v) is 4.96. The van der Waals surface area contributed by atoms with Crippen molar-refractivity contribution in [3.8, 4) is 22.8 Å². The highest BCUT2D eigenvalue weighted by Gasteiger charge is 2.25. The number of aromatic nitrogens is 2. The highest BCUT2D eigenvalue weighted by atomic mass is 35.5. The van der Waals surface area contributed by atoms with Gasteiger partial charge in [0, 0.05) is 29.6 Å². The molecule has 3 heterocycles. The monoisotopic (exact) mass is 421 g/mol. The molecule has 9 heteroatoms. The maximum atomic E-state index is 15.0. The first kappa shape index (κ1) is 19.6. The smallest absolute Gasteiger partial charge is 0.177 e. The van der Waals surface area contributed by atoms with Crippen LogP contribution in [0.15, 0.2) is 24.4 Å². The minimum atomic E-state index is -0.861. The van der Waals surface area contributed by atoms with E-state index in [-0.39, 0.29) is 22.8 Å². The predicted molar refractivity (Wildman–Crippen MR) is 106 cm³/mol. The predicted octanol–water partition coefficient (Wildman–Crippen LogP) is 4.43. The van der Waals surface area contributed by atoms with Crippen LogP contribution in [-0.2, 0) is 4.74 Å². The number of methoxy groups -OCH3 is 2. The van der Waals surface area contributed by atoms with E-state index < -0.39 is 11.6 Å². The number of hydrogen-bond donors (Lipinski definition) is 0. The molecule has 0 atom stereocenters. The van der Waals surface area contributed by atoms with Crippen LogP contribution < -0.4 is 14.4 Å². The number of rotatable bonds is 4. The average molecular weight is 422 g/mol. The van der Waals surface area contributed by atoms with Gasteiger partial charge in [-0.1, -0.05) is 11.6 Å². The van der Waals surface area contributed by atoms with E-state index in [1.54, 1.807) is 18.3 Å². The van der Waals surface area contributed by atoms with Crippen LogP contribution in [0.4, 0.5) is 14.6 Å². The lowest BCUT2D eigenvalue weighted by Gasteiger charge is -2.29. The summed E-state index contributed by atoms with van der Waals surface area (Å²) in [7, 11) is 2.60. The molecular formula is C20H18ClF2N3O3. The number of pyridine rings is 2. The summed E-state index contributed by atoms with van der Waals surface area (Å²) in [5, 5.41) is 1.65. The molecule has 0 unspecified atom stereocenters. The number of nitrogens with zero attached hydrogens (tertiary/aromatic N) is 3. The topological polar surface area (TPSA) is 56.7 Å². The van der Waals surface area contributed by atoms with Crippen molar-refractivity contribution < 1.29 is 23.0 Å². The van der Waals surface area contributed by atoms with Gasteiger partial charge in [0.05, 0.1) is 32.1 Å². The Kier molecular flexibility index (Phi) is 5.38. The van der Waals surface area contributed by atoms with Gasteiger partial charge in [-0.3, -0.25) is 0 Å². The first-order valence-corrected chi connectivity index (χ1v) is 9.30. The van der Waals surface area contributed by atoms with Gasteiger partial charge in [0.2, 0.25) is 0 Å². The van der Waals surface area contributed by atoms with Crippen molar-refractivity contribution in [1.82, 2.24) is 9.97 Å². The normalized spacial score (nSPS) is 14.3. The van der Waals surface area contributed by atoms with E-state index in [1.165, 1.54) is 14.2 Å².